The van der Waals surface area contributed by atoms with Crippen LogP contribution in [0.1, 0.15) is 39.2 Å². The Morgan fingerprint density at radius 1 is 1.05 bits per heavy atom. The number of rotatable bonds is 1. The van der Waals surface area contributed by atoms with Crippen LogP contribution in [-0.4, -0.2) is 17.8 Å². The predicted octanol–water partition coefficient (Wildman–Crippen LogP) is 2.35. The van der Waals surface area contributed by atoms with Crippen LogP contribution in [0.3, 0.4) is 0 Å². The monoisotopic (exact) mass is 286 g/mol. The molecule has 21 heavy (non-hydrogen) atoms. The molecule has 1 saturated heterocycles. The molecule has 110 valence electrons. The molecule has 2 fully saturated rings. The lowest BCUT2D eigenvalue weighted by Gasteiger charge is -2.30. The molecule has 1 aromatic carbocycles. The van der Waals surface area contributed by atoms with E-state index in [-0.39, 0.29) is 5.41 Å². The second-order valence-corrected chi connectivity index (χ2v) is 6.78. The number of imide groups is 2. The van der Waals surface area contributed by atoms with Gasteiger partial charge in [0.2, 0.25) is 5.91 Å². The molecule has 1 aliphatic heterocycles. The van der Waals surface area contributed by atoms with Gasteiger partial charge in [0, 0.05) is 0 Å². The number of urea groups is 1. The summed E-state index contributed by atoms with van der Waals surface area (Å²) in [6, 6.07) is 6.66. The molecule has 1 saturated carbocycles. The van der Waals surface area contributed by atoms with Crippen molar-refractivity contribution in [1.82, 2.24) is 5.32 Å². The van der Waals surface area contributed by atoms with Crippen LogP contribution in [0.15, 0.2) is 24.3 Å². The van der Waals surface area contributed by atoms with Crippen molar-refractivity contribution < 1.29 is 14.4 Å². The number of hydrogen-bond donors (Lipinski definition) is 1. The summed E-state index contributed by atoms with van der Waals surface area (Å²) in [7, 11) is 0. The van der Waals surface area contributed by atoms with Crippen LogP contribution >= 0.6 is 0 Å². The molecule has 1 N–H and O–H groups in total. The quantitative estimate of drug-likeness (QED) is 0.806. The number of nitrogens with one attached hydrogen (secondary N) is 1. The third-order valence-electron chi connectivity index (χ3n) is 4.21. The van der Waals surface area contributed by atoms with Crippen LogP contribution in [-0.2, 0) is 15.0 Å². The Morgan fingerprint density at radius 3 is 2.10 bits per heavy atom. The summed E-state index contributed by atoms with van der Waals surface area (Å²) >= 11 is 0. The van der Waals surface area contributed by atoms with Gasteiger partial charge in [0.25, 0.3) is 5.91 Å². The normalized spacial score (nSPS) is 20.7. The molecule has 0 unspecified atom stereocenters. The maximum atomic E-state index is 12.5. The van der Waals surface area contributed by atoms with Crippen molar-refractivity contribution in [2.45, 2.75) is 39.0 Å². The number of benzene rings is 1. The van der Waals surface area contributed by atoms with E-state index < -0.39 is 23.3 Å². The fourth-order valence-electron chi connectivity index (χ4n) is 2.59. The molecule has 0 radical (unpaired) electrons. The highest BCUT2D eigenvalue weighted by Gasteiger charge is 2.62. The minimum absolute atomic E-state index is 0.000374. The number of hydrogen-bond acceptors (Lipinski definition) is 3. The zero-order valence-corrected chi connectivity index (χ0v) is 12.4. The zero-order chi connectivity index (χ0) is 15.4. The number of carbonyl (C=O) groups excluding carboxylic acids is 3. The highest BCUT2D eigenvalue weighted by atomic mass is 16.2. The summed E-state index contributed by atoms with van der Waals surface area (Å²) in [4.78, 5) is 37.3. The Bertz CT molecular complexity index is 636. The first-order chi connectivity index (χ1) is 9.75. The standard InChI is InChI=1S/C16H18N2O3/c1-15(2,3)10-4-6-11(7-5-10)18-13(20)16(8-9-16)12(19)17-14(18)21/h4-7H,8-9H2,1-3H3,(H,17,19,21). The summed E-state index contributed by atoms with van der Waals surface area (Å²) in [6.07, 6.45) is 1.03. The first-order valence-electron chi connectivity index (χ1n) is 7.06. The molecule has 0 aromatic heterocycles. The van der Waals surface area contributed by atoms with Crippen molar-refractivity contribution in [3.63, 3.8) is 0 Å². The van der Waals surface area contributed by atoms with Gasteiger partial charge in [0.1, 0.15) is 5.41 Å². The molecule has 0 atom stereocenters. The molecule has 5 nitrogen and oxygen atoms in total. The summed E-state index contributed by atoms with van der Waals surface area (Å²) in [5, 5.41) is 2.28. The molecule has 1 heterocycles. The van der Waals surface area contributed by atoms with E-state index in [2.05, 4.69) is 26.1 Å². The van der Waals surface area contributed by atoms with Gasteiger partial charge in [-0.25, -0.2) is 9.69 Å². The van der Waals surface area contributed by atoms with Crippen molar-refractivity contribution in [2.75, 3.05) is 4.90 Å². The predicted molar refractivity (Wildman–Crippen MR) is 77.8 cm³/mol. The molecule has 5 heteroatoms. The van der Waals surface area contributed by atoms with E-state index in [0.717, 1.165) is 10.5 Å². The van der Waals surface area contributed by atoms with Crippen molar-refractivity contribution in [2.24, 2.45) is 5.41 Å². The Morgan fingerprint density at radius 2 is 1.62 bits per heavy atom. The van der Waals surface area contributed by atoms with E-state index in [4.69, 9.17) is 0 Å². The van der Waals surface area contributed by atoms with Gasteiger partial charge in [-0.05, 0) is 36.0 Å². The Hall–Kier alpha value is -2.17. The lowest BCUT2D eigenvalue weighted by molar-refractivity contribution is -0.136. The molecule has 0 bridgehead atoms. The molecule has 1 spiro atoms. The number of anilines is 1. The van der Waals surface area contributed by atoms with E-state index in [1.165, 1.54) is 0 Å². The Kier molecular flexibility index (Phi) is 2.74. The topological polar surface area (TPSA) is 66.5 Å². The van der Waals surface area contributed by atoms with E-state index in [0.29, 0.717) is 18.5 Å². The minimum Gasteiger partial charge on any atom is -0.276 e. The van der Waals surface area contributed by atoms with Crippen molar-refractivity contribution in [1.29, 1.82) is 0 Å². The molecule has 2 aliphatic rings. The van der Waals surface area contributed by atoms with Gasteiger partial charge >= 0.3 is 6.03 Å². The summed E-state index contributed by atoms with van der Waals surface area (Å²) in [5.41, 5.74) is 0.620. The number of carbonyl (C=O) groups is 3. The smallest absolute Gasteiger partial charge is 0.276 e. The molecule has 1 aliphatic carbocycles. The second kappa shape index (κ2) is 4.16. The summed E-state index contributed by atoms with van der Waals surface area (Å²) in [5.74, 6) is -0.861. The average molecular weight is 286 g/mol. The SMILES string of the molecule is CC(C)(C)c1ccc(N2C(=O)NC(=O)C3(CC3)C2=O)cc1. The van der Waals surface area contributed by atoms with E-state index in [9.17, 15) is 14.4 Å². The molecule has 3 rings (SSSR count). The number of barbiturate groups is 1. The maximum absolute atomic E-state index is 12.5. The van der Waals surface area contributed by atoms with E-state index in [1.54, 1.807) is 12.1 Å². The van der Waals surface area contributed by atoms with E-state index >= 15 is 0 Å². The first kappa shape index (κ1) is 13.8. The van der Waals surface area contributed by atoms with Gasteiger partial charge in [0.15, 0.2) is 0 Å². The van der Waals surface area contributed by atoms with Crippen LogP contribution in [0.2, 0.25) is 0 Å². The van der Waals surface area contributed by atoms with Crippen LogP contribution in [0.25, 0.3) is 0 Å². The lowest BCUT2D eigenvalue weighted by Crippen LogP contribution is -2.59. The van der Waals surface area contributed by atoms with Crippen LogP contribution < -0.4 is 10.2 Å². The Labute approximate surface area is 123 Å². The maximum Gasteiger partial charge on any atom is 0.335 e. The summed E-state index contributed by atoms with van der Waals surface area (Å²) in [6.45, 7) is 6.29. The largest absolute Gasteiger partial charge is 0.335 e. The third kappa shape index (κ3) is 2.04. The molecular weight excluding hydrogens is 268 g/mol. The van der Waals surface area contributed by atoms with Gasteiger partial charge in [-0.15, -0.1) is 0 Å². The second-order valence-electron chi connectivity index (χ2n) is 6.78. The average Bonchev–Trinajstić information content (AvgIpc) is 3.18. The zero-order valence-electron chi connectivity index (χ0n) is 12.4. The highest BCUT2D eigenvalue weighted by molar-refractivity contribution is 6.31. The third-order valence-corrected chi connectivity index (χ3v) is 4.21. The van der Waals surface area contributed by atoms with Gasteiger partial charge in [0.05, 0.1) is 5.69 Å². The highest BCUT2D eigenvalue weighted by Crippen LogP contribution is 2.49. The van der Waals surface area contributed by atoms with Crippen LogP contribution in [0.5, 0.6) is 0 Å². The van der Waals surface area contributed by atoms with Gasteiger partial charge in [-0.2, -0.15) is 0 Å². The fraction of sp³-hybridized carbons (Fsp3) is 0.438. The van der Waals surface area contributed by atoms with Crippen LogP contribution in [0.4, 0.5) is 10.5 Å². The van der Waals surface area contributed by atoms with Crippen molar-refractivity contribution >= 4 is 23.5 Å². The molecular formula is C16H18N2O3. The number of nitrogens with zero attached hydrogens (tertiary/aromatic N) is 1. The minimum atomic E-state index is -1.00. The number of amides is 4. The van der Waals surface area contributed by atoms with Crippen molar-refractivity contribution in [3.05, 3.63) is 29.8 Å². The fourth-order valence-corrected chi connectivity index (χ4v) is 2.59. The molecule has 4 amide bonds. The lowest BCUT2D eigenvalue weighted by atomic mass is 9.87. The summed E-state index contributed by atoms with van der Waals surface area (Å²) < 4.78 is 0. The Balaban J connectivity index is 1.94. The molecule has 1 aromatic rings. The van der Waals surface area contributed by atoms with Crippen LogP contribution in [0, 0.1) is 5.41 Å². The van der Waals surface area contributed by atoms with Gasteiger partial charge in [-0.1, -0.05) is 32.9 Å². The van der Waals surface area contributed by atoms with Gasteiger partial charge in [-0.3, -0.25) is 14.9 Å². The van der Waals surface area contributed by atoms with Crippen molar-refractivity contribution in [3.8, 4) is 0 Å². The van der Waals surface area contributed by atoms with E-state index in [1.807, 2.05) is 12.1 Å². The van der Waals surface area contributed by atoms with Gasteiger partial charge < -0.3 is 0 Å². The first-order valence-corrected chi connectivity index (χ1v) is 7.06.